The third-order valence-corrected chi connectivity index (χ3v) is 5.02. The average molecular weight is 547 g/mol. The van der Waals surface area contributed by atoms with Crippen molar-refractivity contribution in [2.75, 3.05) is 59.7 Å². The van der Waals surface area contributed by atoms with E-state index < -0.39 is 0 Å². The quantitative estimate of drug-likeness (QED) is 0.180. The number of amides is 1. The van der Waals surface area contributed by atoms with E-state index in [1.807, 2.05) is 25.1 Å². The molecule has 1 aliphatic rings. The summed E-state index contributed by atoms with van der Waals surface area (Å²) in [5.41, 5.74) is 0.981. The van der Waals surface area contributed by atoms with Crippen molar-refractivity contribution in [2.24, 2.45) is 10.9 Å². The third kappa shape index (κ3) is 12.2. The molecule has 0 spiro atoms. The average Bonchev–Trinajstić information content (AvgIpc) is 2.79. The highest BCUT2D eigenvalue weighted by molar-refractivity contribution is 14.0. The van der Waals surface area contributed by atoms with Gasteiger partial charge in [-0.3, -0.25) is 9.78 Å². The fourth-order valence-electron chi connectivity index (χ4n) is 3.11. The lowest BCUT2D eigenvalue weighted by atomic mass is 10.0. The van der Waals surface area contributed by atoms with E-state index in [-0.39, 0.29) is 36.4 Å². The monoisotopic (exact) mass is 547 g/mol. The summed E-state index contributed by atoms with van der Waals surface area (Å²) in [7, 11) is 1.80. The van der Waals surface area contributed by atoms with Crippen LogP contribution in [0.3, 0.4) is 0 Å². The number of nitrogens with one attached hydrogen (secondary N) is 2. The second-order valence-electron chi connectivity index (χ2n) is 7.49. The van der Waals surface area contributed by atoms with Crippen molar-refractivity contribution in [1.82, 2.24) is 20.5 Å². The largest absolute Gasteiger partial charge is 0.381 e. The first-order valence-electron chi connectivity index (χ1n) is 11.0. The van der Waals surface area contributed by atoms with Crippen LogP contribution in [0.1, 0.15) is 31.9 Å². The van der Waals surface area contributed by atoms with Crippen LogP contribution in [0.15, 0.2) is 29.4 Å². The van der Waals surface area contributed by atoms with Crippen LogP contribution in [0.5, 0.6) is 0 Å². The maximum absolute atomic E-state index is 12.4. The number of likely N-dealkylation sites (N-methyl/N-ethyl adjacent to an activating group) is 1. The molecule has 0 aromatic carbocycles. The minimum Gasteiger partial charge on any atom is -0.381 e. The minimum absolute atomic E-state index is 0. The predicted octanol–water partition coefficient (Wildman–Crippen LogP) is 2.09. The van der Waals surface area contributed by atoms with E-state index in [1.54, 1.807) is 18.1 Å². The first-order valence-corrected chi connectivity index (χ1v) is 11.0. The molecular formula is C22H38IN5O3. The van der Waals surface area contributed by atoms with Gasteiger partial charge in [0, 0.05) is 71.4 Å². The number of rotatable bonds is 12. The second kappa shape index (κ2) is 17.1. The van der Waals surface area contributed by atoms with Gasteiger partial charge in [-0.25, -0.2) is 4.99 Å². The van der Waals surface area contributed by atoms with Gasteiger partial charge in [0.2, 0.25) is 5.91 Å². The first kappa shape index (κ1) is 27.6. The number of pyridine rings is 1. The Hall–Kier alpha value is -1.46. The van der Waals surface area contributed by atoms with E-state index >= 15 is 0 Å². The standard InChI is InChI=1S/C22H37N5O3.HI/c1-3-23-22(25-12-6-14-30-18-19-9-15-29-16-10-19)26-17-21(28)27(2)13-8-20-7-4-5-11-24-20;/h4-5,7,11,19H,3,6,8-10,12-18H2,1-2H3,(H2,23,25,26);1H. The Morgan fingerprint density at radius 1 is 1.32 bits per heavy atom. The van der Waals surface area contributed by atoms with E-state index in [4.69, 9.17) is 9.47 Å². The molecule has 1 aromatic heterocycles. The van der Waals surface area contributed by atoms with E-state index in [0.29, 0.717) is 18.4 Å². The van der Waals surface area contributed by atoms with Gasteiger partial charge in [0.25, 0.3) is 0 Å². The lowest BCUT2D eigenvalue weighted by Gasteiger charge is -2.21. The van der Waals surface area contributed by atoms with Gasteiger partial charge in [0.15, 0.2) is 5.96 Å². The van der Waals surface area contributed by atoms with Gasteiger partial charge in [-0.2, -0.15) is 0 Å². The normalized spacial score (nSPS) is 14.6. The molecule has 0 bridgehead atoms. The molecule has 2 N–H and O–H groups in total. The van der Waals surface area contributed by atoms with Crippen molar-refractivity contribution in [3.05, 3.63) is 30.1 Å². The highest BCUT2D eigenvalue weighted by atomic mass is 127. The van der Waals surface area contributed by atoms with Gasteiger partial charge < -0.3 is 25.0 Å². The Morgan fingerprint density at radius 2 is 2.13 bits per heavy atom. The first-order chi connectivity index (χ1) is 14.7. The smallest absolute Gasteiger partial charge is 0.244 e. The Morgan fingerprint density at radius 3 is 2.84 bits per heavy atom. The lowest BCUT2D eigenvalue weighted by Crippen LogP contribution is -2.39. The van der Waals surface area contributed by atoms with Crippen LogP contribution in [-0.4, -0.2) is 81.4 Å². The van der Waals surface area contributed by atoms with Crippen molar-refractivity contribution >= 4 is 35.8 Å². The van der Waals surface area contributed by atoms with Crippen molar-refractivity contribution in [3.8, 4) is 0 Å². The van der Waals surface area contributed by atoms with Crippen LogP contribution in [0.2, 0.25) is 0 Å². The maximum Gasteiger partial charge on any atom is 0.244 e. The zero-order valence-corrected chi connectivity index (χ0v) is 21.2. The number of halogens is 1. The Bertz CT molecular complexity index is 627. The molecule has 2 rings (SSSR count). The summed E-state index contributed by atoms with van der Waals surface area (Å²) in [5.74, 6) is 1.28. The second-order valence-corrected chi connectivity index (χ2v) is 7.49. The number of carbonyl (C=O) groups excluding carboxylic acids is 1. The number of carbonyl (C=O) groups is 1. The van der Waals surface area contributed by atoms with Crippen molar-refractivity contribution in [1.29, 1.82) is 0 Å². The fourth-order valence-corrected chi connectivity index (χ4v) is 3.11. The molecule has 1 aromatic rings. The van der Waals surface area contributed by atoms with Crippen molar-refractivity contribution in [2.45, 2.75) is 32.6 Å². The number of nitrogens with zero attached hydrogens (tertiary/aromatic N) is 3. The van der Waals surface area contributed by atoms with Gasteiger partial charge in [0.05, 0.1) is 0 Å². The SMILES string of the molecule is CCNC(=NCC(=O)N(C)CCc1ccccn1)NCCCOCC1CCOCC1.I. The van der Waals surface area contributed by atoms with Gasteiger partial charge in [-0.1, -0.05) is 6.07 Å². The molecule has 176 valence electrons. The fraction of sp³-hybridized carbons (Fsp3) is 0.682. The van der Waals surface area contributed by atoms with Gasteiger partial charge in [-0.15, -0.1) is 24.0 Å². The summed E-state index contributed by atoms with van der Waals surface area (Å²) in [6.45, 7) is 7.50. The van der Waals surface area contributed by atoms with Gasteiger partial charge in [-0.05, 0) is 44.2 Å². The van der Waals surface area contributed by atoms with E-state index in [9.17, 15) is 4.79 Å². The molecule has 1 aliphatic heterocycles. The molecule has 0 unspecified atom stereocenters. The molecule has 1 amide bonds. The zero-order chi connectivity index (χ0) is 21.4. The number of aliphatic imine (C=N–C) groups is 1. The van der Waals surface area contributed by atoms with Gasteiger partial charge >= 0.3 is 0 Å². The van der Waals surface area contributed by atoms with Crippen LogP contribution >= 0.6 is 24.0 Å². The molecule has 1 fully saturated rings. The van der Waals surface area contributed by atoms with Crippen molar-refractivity contribution in [3.63, 3.8) is 0 Å². The summed E-state index contributed by atoms with van der Waals surface area (Å²) in [6, 6.07) is 5.82. The molecule has 31 heavy (non-hydrogen) atoms. The number of aromatic nitrogens is 1. The number of ether oxygens (including phenoxy) is 2. The zero-order valence-electron chi connectivity index (χ0n) is 18.8. The van der Waals surface area contributed by atoms with Crippen LogP contribution in [0.4, 0.5) is 0 Å². The highest BCUT2D eigenvalue weighted by Crippen LogP contribution is 2.14. The molecule has 0 radical (unpaired) electrons. The van der Waals surface area contributed by atoms with Crippen molar-refractivity contribution < 1.29 is 14.3 Å². The molecule has 0 aliphatic carbocycles. The van der Waals surface area contributed by atoms with E-state index in [0.717, 1.165) is 70.9 Å². The van der Waals surface area contributed by atoms with E-state index in [1.165, 1.54) is 0 Å². The minimum atomic E-state index is -0.0112. The number of guanidine groups is 1. The lowest BCUT2D eigenvalue weighted by molar-refractivity contribution is -0.128. The highest BCUT2D eigenvalue weighted by Gasteiger charge is 2.13. The molecule has 0 saturated carbocycles. The predicted molar refractivity (Wildman–Crippen MR) is 134 cm³/mol. The number of hydrogen-bond donors (Lipinski definition) is 2. The van der Waals surface area contributed by atoms with E-state index in [2.05, 4.69) is 20.6 Å². The summed E-state index contributed by atoms with van der Waals surface area (Å²) < 4.78 is 11.2. The molecule has 0 atom stereocenters. The Kier molecular flexibility index (Phi) is 15.2. The van der Waals surface area contributed by atoms with Crippen LogP contribution in [-0.2, 0) is 20.7 Å². The molecular weight excluding hydrogens is 509 g/mol. The van der Waals surface area contributed by atoms with Gasteiger partial charge in [0.1, 0.15) is 6.54 Å². The Labute approximate surface area is 203 Å². The molecule has 1 saturated heterocycles. The third-order valence-electron chi connectivity index (χ3n) is 5.02. The van der Waals surface area contributed by atoms with Crippen LogP contribution < -0.4 is 10.6 Å². The Balaban J connectivity index is 0.00000480. The summed E-state index contributed by atoms with van der Waals surface area (Å²) in [5, 5.41) is 6.45. The van der Waals surface area contributed by atoms with Crippen LogP contribution in [0, 0.1) is 5.92 Å². The summed E-state index contributed by atoms with van der Waals surface area (Å²) in [4.78, 5) is 22.8. The summed E-state index contributed by atoms with van der Waals surface area (Å²) >= 11 is 0. The molecule has 9 heteroatoms. The summed E-state index contributed by atoms with van der Waals surface area (Å²) in [6.07, 6.45) is 5.59. The topological polar surface area (TPSA) is 88.1 Å². The maximum atomic E-state index is 12.4. The number of hydrogen-bond acceptors (Lipinski definition) is 5. The molecule has 8 nitrogen and oxygen atoms in total. The van der Waals surface area contributed by atoms with Crippen LogP contribution in [0.25, 0.3) is 0 Å². The molecule has 2 heterocycles.